The van der Waals surface area contributed by atoms with Gasteiger partial charge in [-0.25, -0.2) is 9.78 Å². The summed E-state index contributed by atoms with van der Waals surface area (Å²) in [6, 6.07) is 13.5. The van der Waals surface area contributed by atoms with Crippen molar-refractivity contribution < 1.29 is 9.59 Å². The number of urea groups is 1. The van der Waals surface area contributed by atoms with Crippen LogP contribution in [-0.4, -0.2) is 60.6 Å². The molecule has 0 aliphatic carbocycles. The van der Waals surface area contributed by atoms with E-state index in [9.17, 15) is 9.59 Å². The molecule has 7 nitrogen and oxygen atoms in total. The van der Waals surface area contributed by atoms with E-state index in [-0.39, 0.29) is 18.0 Å². The fraction of sp³-hybridized carbons (Fsp3) is 0.381. The molecule has 28 heavy (non-hydrogen) atoms. The first-order valence-corrected chi connectivity index (χ1v) is 9.68. The lowest BCUT2D eigenvalue weighted by molar-refractivity contribution is -0.117. The Morgan fingerprint density at radius 2 is 1.82 bits per heavy atom. The second-order valence-electron chi connectivity index (χ2n) is 7.35. The molecule has 146 valence electrons. The smallest absolute Gasteiger partial charge is 0.317 e. The Kier molecular flexibility index (Phi) is 5.14. The summed E-state index contributed by atoms with van der Waals surface area (Å²) >= 11 is 0. The predicted octanol–water partition coefficient (Wildman–Crippen LogP) is 2.03. The molecule has 3 amide bonds. The van der Waals surface area contributed by atoms with Crippen LogP contribution >= 0.6 is 0 Å². The van der Waals surface area contributed by atoms with Gasteiger partial charge in [-0.3, -0.25) is 4.79 Å². The number of nitrogens with zero attached hydrogens (tertiary/aromatic N) is 4. The maximum atomic E-state index is 12.6. The lowest BCUT2D eigenvalue weighted by atomic mass is 10.2. The van der Waals surface area contributed by atoms with E-state index < -0.39 is 0 Å². The zero-order chi connectivity index (χ0) is 19.5. The lowest BCUT2D eigenvalue weighted by Gasteiger charge is -2.35. The van der Waals surface area contributed by atoms with E-state index in [1.54, 1.807) is 11.1 Å². The first-order valence-electron chi connectivity index (χ1n) is 9.68. The summed E-state index contributed by atoms with van der Waals surface area (Å²) in [4.78, 5) is 35.1. The molecule has 1 N–H and O–H groups in total. The van der Waals surface area contributed by atoms with Crippen LogP contribution < -0.4 is 15.1 Å². The Morgan fingerprint density at radius 1 is 1.07 bits per heavy atom. The number of nitrogens with one attached hydrogen (secondary N) is 1. The maximum Gasteiger partial charge on any atom is 0.317 e. The van der Waals surface area contributed by atoms with Crippen LogP contribution in [0.25, 0.3) is 0 Å². The van der Waals surface area contributed by atoms with Gasteiger partial charge in [0.25, 0.3) is 0 Å². The van der Waals surface area contributed by atoms with E-state index in [2.05, 4.69) is 15.2 Å². The molecule has 1 aromatic carbocycles. The van der Waals surface area contributed by atoms with Crippen LogP contribution in [0.5, 0.6) is 0 Å². The highest BCUT2D eigenvalue weighted by Gasteiger charge is 2.33. The van der Waals surface area contributed by atoms with Gasteiger partial charge in [0, 0.05) is 51.0 Å². The summed E-state index contributed by atoms with van der Waals surface area (Å²) in [6.07, 6.45) is 2.12. The number of amides is 3. The third-order valence-electron chi connectivity index (χ3n) is 5.34. The summed E-state index contributed by atoms with van der Waals surface area (Å²) in [5.41, 5.74) is 2.04. The zero-order valence-electron chi connectivity index (χ0n) is 16.0. The topological polar surface area (TPSA) is 68.8 Å². The molecule has 2 fully saturated rings. The Morgan fingerprint density at radius 3 is 2.50 bits per heavy atom. The van der Waals surface area contributed by atoms with Crippen LogP contribution in [-0.2, 0) is 4.79 Å². The number of anilines is 2. The number of pyridine rings is 1. The first kappa shape index (κ1) is 18.3. The van der Waals surface area contributed by atoms with Crippen molar-refractivity contribution in [2.45, 2.75) is 19.4 Å². The van der Waals surface area contributed by atoms with Crippen molar-refractivity contribution in [3.05, 3.63) is 54.2 Å². The van der Waals surface area contributed by atoms with Crippen LogP contribution in [0, 0.1) is 6.92 Å². The van der Waals surface area contributed by atoms with E-state index in [1.807, 2.05) is 54.3 Å². The molecular formula is C21H25N5O2. The van der Waals surface area contributed by atoms with Crippen LogP contribution in [0.2, 0.25) is 0 Å². The number of hydrogen-bond donors (Lipinski definition) is 1. The lowest BCUT2D eigenvalue weighted by Crippen LogP contribution is -2.54. The van der Waals surface area contributed by atoms with Crippen LogP contribution in [0.15, 0.2) is 48.7 Å². The van der Waals surface area contributed by atoms with Gasteiger partial charge in [0.2, 0.25) is 5.91 Å². The summed E-state index contributed by atoms with van der Waals surface area (Å²) in [5, 5.41) is 3.04. The van der Waals surface area contributed by atoms with Crippen molar-refractivity contribution in [3.8, 4) is 0 Å². The first-order chi connectivity index (χ1) is 13.6. The molecule has 1 aromatic heterocycles. The second-order valence-corrected chi connectivity index (χ2v) is 7.35. The Balaban J connectivity index is 1.30. The molecule has 2 aromatic rings. The molecule has 3 heterocycles. The zero-order valence-corrected chi connectivity index (χ0v) is 16.0. The molecule has 0 radical (unpaired) electrons. The van der Waals surface area contributed by atoms with Gasteiger partial charge in [-0.2, -0.15) is 0 Å². The largest absolute Gasteiger partial charge is 0.353 e. The van der Waals surface area contributed by atoms with Gasteiger partial charge in [0.05, 0.1) is 6.04 Å². The molecule has 0 spiro atoms. The number of hydrogen-bond acceptors (Lipinski definition) is 4. The van der Waals surface area contributed by atoms with Crippen molar-refractivity contribution in [2.24, 2.45) is 0 Å². The fourth-order valence-electron chi connectivity index (χ4n) is 3.72. The Labute approximate surface area is 164 Å². The fourth-order valence-corrected chi connectivity index (χ4v) is 3.72. The van der Waals surface area contributed by atoms with Gasteiger partial charge in [-0.05, 0) is 31.2 Å². The van der Waals surface area contributed by atoms with Gasteiger partial charge in [-0.15, -0.1) is 0 Å². The molecule has 0 unspecified atom stereocenters. The van der Waals surface area contributed by atoms with E-state index >= 15 is 0 Å². The summed E-state index contributed by atoms with van der Waals surface area (Å²) in [5.74, 6) is 0.992. The van der Waals surface area contributed by atoms with Crippen molar-refractivity contribution in [1.82, 2.24) is 15.2 Å². The SMILES string of the molecule is Cc1ccc(N2C[C@@H](NC(=O)N3CCN(c4ccccn4)CC3)CC2=O)cc1. The highest BCUT2D eigenvalue weighted by molar-refractivity contribution is 5.96. The number of aromatic nitrogens is 1. The van der Waals surface area contributed by atoms with Crippen molar-refractivity contribution in [3.63, 3.8) is 0 Å². The minimum absolute atomic E-state index is 0.0501. The summed E-state index contributed by atoms with van der Waals surface area (Å²) < 4.78 is 0. The minimum Gasteiger partial charge on any atom is -0.353 e. The molecule has 1 atom stereocenters. The van der Waals surface area contributed by atoms with E-state index in [4.69, 9.17) is 0 Å². The molecule has 2 aliphatic rings. The Bertz CT molecular complexity index is 832. The average molecular weight is 379 g/mol. The molecule has 4 rings (SSSR count). The average Bonchev–Trinajstić information content (AvgIpc) is 3.09. The van der Waals surface area contributed by atoms with Crippen molar-refractivity contribution in [1.29, 1.82) is 0 Å². The minimum atomic E-state index is -0.157. The highest BCUT2D eigenvalue weighted by atomic mass is 16.2. The van der Waals surface area contributed by atoms with Gasteiger partial charge >= 0.3 is 6.03 Å². The molecule has 0 saturated carbocycles. The molecule has 0 bridgehead atoms. The summed E-state index contributed by atoms with van der Waals surface area (Å²) in [7, 11) is 0. The van der Waals surface area contributed by atoms with Gasteiger partial charge < -0.3 is 20.0 Å². The van der Waals surface area contributed by atoms with Gasteiger partial charge in [0.15, 0.2) is 0 Å². The van der Waals surface area contributed by atoms with Crippen molar-refractivity contribution >= 4 is 23.4 Å². The number of rotatable bonds is 3. The van der Waals surface area contributed by atoms with Crippen molar-refractivity contribution in [2.75, 3.05) is 42.5 Å². The highest BCUT2D eigenvalue weighted by Crippen LogP contribution is 2.22. The molecule has 2 aliphatic heterocycles. The number of carbonyl (C=O) groups excluding carboxylic acids is 2. The standard InChI is InChI=1S/C21H25N5O2/c1-16-5-7-18(8-6-16)26-15-17(14-20(26)27)23-21(28)25-12-10-24(11-13-25)19-4-2-3-9-22-19/h2-9,17H,10-15H2,1H3,(H,23,28)/t17-/m0/s1. The number of piperazine rings is 1. The van der Waals surface area contributed by atoms with E-state index in [0.29, 0.717) is 26.1 Å². The summed E-state index contributed by atoms with van der Waals surface area (Å²) in [6.45, 7) is 5.33. The number of carbonyl (C=O) groups is 2. The monoisotopic (exact) mass is 379 g/mol. The van der Waals surface area contributed by atoms with Crippen LogP contribution in [0.3, 0.4) is 0 Å². The third-order valence-corrected chi connectivity index (χ3v) is 5.34. The third kappa shape index (κ3) is 3.93. The predicted molar refractivity (Wildman–Crippen MR) is 108 cm³/mol. The molecule has 7 heteroatoms. The van der Waals surface area contributed by atoms with Gasteiger partial charge in [0.1, 0.15) is 5.82 Å². The molecular weight excluding hydrogens is 354 g/mol. The van der Waals surface area contributed by atoms with Gasteiger partial charge in [-0.1, -0.05) is 23.8 Å². The van der Waals surface area contributed by atoms with Crippen LogP contribution in [0.1, 0.15) is 12.0 Å². The van der Waals surface area contributed by atoms with E-state index in [1.165, 1.54) is 0 Å². The number of aryl methyl sites for hydroxylation is 1. The maximum absolute atomic E-state index is 12.6. The normalized spacial score (nSPS) is 19.8. The quantitative estimate of drug-likeness (QED) is 0.886. The number of benzene rings is 1. The van der Waals surface area contributed by atoms with Crippen LogP contribution in [0.4, 0.5) is 16.3 Å². The molecule has 2 saturated heterocycles. The Hall–Kier alpha value is -3.09. The van der Waals surface area contributed by atoms with E-state index in [0.717, 1.165) is 30.2 Å². The second kappa shape index (κ2) is 7.88.